The number of para-hydroxylation sites is 1. The molecule has 0 amide bonds. The Hall–Kier alpha value is -2.16. The van der Waals surface area contributed by atoms with E-state index in [1.165, 1.54) is 0 Å². The highest BCUT2D eigenvalue weighted by molar-refractivity contribution is 5.46. The van der Waals surface area contributed by atoms with E-state index in [2.05, 4.69) is 33.1 Å². The van der Waals surface area contributed by atoms with Crippen molar-refractivity contribution in [1.82, 2.24) is 24.6 Å². The molecule has 0 aliphatic carbocycles. The molecule has 1 aromatic heterocycles. The van der Waals surface area contributed by atoms with Crippen LogP contribution < -0.4 is 9.47 Å². The van der Waals surface area contributed by atoms with Gasteiger partial charge in [0.2, 0.25) is 0 Å². The largest absolute Gasteiger partial charge is 0.493 e. The standard InChI is InChI=1S/C19H29N5O3/c1-22(14-18-21-20-15-23(18)2)13-16-5-4-6-17(25-3)19(16)27-12-9-24-7-10-26-11-8-24/h4-6,15H,7-14H2,1-3H3. The number of hydrogen-bond donors (Lipinski definition) is 0. The van der Waals surface area contributed by atoms with E-state index in [9.17, 15) is 0 Å². The minimum Gasteiger partial charge on any atom is -0.493 e. The van der Waals surface area contributed by atoms with E-state index < -0.39 is 0 Å². The van der Waals surface area contributed by atoms with Gasteiger partial charge in [0.25, 0.3) is 0 Å². The normalized spacial score (nSPS) is 15.3. The highest BCUT2D eigenvalue weighted by Crippen LogP contribution is 2.32. The van der Waals surface area contributed by atoms with Crippen LogP contribution in [0.2, 0.25) is 0 Å². The van der Waals surface area contributed by atoms with Gasteiger partial charge in [0.1, 0.15) is 18.8 Å². The molecule has 0 unspecified atom stereocenters. The van der Waals surface area contributed by atoms with Gasteiger partial charge in [-0.05, 0) is 13.1 Å². The third kappa shape index (κ3) is 5.41. The molecule has 0 spiro atoms. The second-order valence-corrected chi connectivity index (χ2v) is 6.78. The second kappa shape index (κ2) is 9.68. The molecule has 1 aliphatic rings. The van der Waals surface area contributed by atoms with Gasteiger partial charge >= 0.3 is 0 Å². The summed E-state index contributed by atoms with van der Waals surface area (Å²) in [6, 6.07) is 6.02. The van der Waals surface area contributed by atoms with Gasteiger partial charge in [-0.2, -0.15) is 0 Å². The fourth-order valence-electron chi connectivity index (χ4n) is 3.15. The topological polar surface area (TPSA) is 64.9 Å². The third-order valence-electron chi connectivity index (χ3n) is 4.69. The number of aromatic nitrogens is 3. The van der Waals surface area contributed by atoms with E-state index in [1.54, 1.807) is 13.4 Å². The molecule has 27 heavy (non-hydrogen) atoms. The van der Waals surface area contributed by atoms with Crippen molar-refractivity contribution in [3.63, 3.8) is 0 Å². The maximum absolute atomic E-state index is 6.15. The number of methoxy groups -OCH3 is 1. The Morgan fingerprint density at radius 2 is 2.04 bits per heavy atom. The molecule has 1 aromatic carbocycles. The molecule has 2 aromatic rings. The SMILES string of the molecule is COc1cccc(CN(C)Cc2nncn2C)c1OCCN1CCOCC1. The number of rotatable bonds is 9. The zero-order valence-corrected chi connectivity index (χ0v) is 16.4. The van der Waals surface area contributed by atoms with Gasteiger partial charge in [-0.3, -0.25) is 9.80 Å². The quantitative estimate of drug-likeness (QED) is 0.652. The molecule has 0 saturated carbocycles. The van der Waals surface area contributed by atoms with Gasteiger partial charge in [0, 0.05) is 38.8 Å². The fraction of sp³-hybridized carbons (Fsp3) is 0.579. The number of aryl methyl sites for hydroxylation is 1. The van der Waals surface area contributed by atoms with Gasteiger partial charge in [0.05, 0.1) is 26.9 Å². The molecular formula is C19H29N5O3. The van der Waals surface area contributed by atoms with Crippen LogP contribution in [0.3, 0.4) is 0 Å². The van der Waals surface area contributed by atoms with Crippen molar-refractivity contribution in [3.05, 3.63) is 35.9 Å². The first-order chi connectivity index (χ1) is 13.2. The Bertz CT molecular complexity index is 715. The molecule has 148 valence electrons. The summed E-state index contributed by atoms with van der Waals surface area (Å²) in [5, 5.41) is 8.09. The van der Waals surface area contributed by atoms with Crippen molar-refractivity contribution in [2.75, 3.05) is 53.6 Å². The third-order valence-corrected chi connectivity index (χ3v) is 4.69. The van der Waals surface area contributed by atoms with Gasteiger partial charge in [-0.15, -0.1) is 10.2 Å². The van der Waals surface area contributed by atoms with E-state index in [1.807, 2.05) is 23.7 Å². The van der Waals surface area contributed by atoms with Crippen LogP contribution >= 0.6 is 0 Å². The molecule has 1 aliphatic heterocycles. The number of ether oxygens (including phenoxy) is 3. The highest BCUT2D eigenvalue weighted by Gasteiger charge is 2.15. The summed E-state index contributed by atoms with van der Waals surface area (Å²) >= 11 is 0. The van der Waals surface area contributed by atoms with E-state index in [4.69, 9.17) is 14.2 Å². The van der Waals surface area contributed by atoms with Crippen molar-refractivity contribution in [1.29, 1.82) is 0 Å². The van der Waals surface area contributed by atoms with E-state index in [0.29, 0.717) is 13.2 Å². The van der Waals surface area contributed by atoms with Gasteiger partial charge in [-0.1, -0.05) is 12.1 Å². The number of nitrogens with zero attached hydrogens (tertiary/aromatic N) is 5. The fourth-order valence-corrected chi connectivity index (χ4v) is 3.15. The van der Waals surface area contributed by atoms with Crippen molar-refractivity contribution >= 4 is 0 Å². The summed E-state index contributed by atoms with van der Waals surface area (Å²) in [5.74, 6) is 2.51. The van der Waals surface area contributed by atoms with Crippen molar-refractivity contribution in [2.45, 2.75) is 13.1 Å². The zero-order chi connectivity index (χ0) is 19.1. The first-order valence-corrected chi connectivity index (χ1v) is 9.27. The molecule has 0 atom stereocenters. The summed E-state index contributed by atoms with van der Waals surface area (Å²) in [5.41, 5.74) is 1.10. The van der Waals surface area contributed by atoms with Crippen molar-refractivity contribution < 1.29 is 14.2 Å². The average molecular weight is 375 g/mol. The summed E-state index contributed by atoms with van der Waals surface area (Å²) in [6.45, 7) is 6.47. The lowest BCUT2D eigenvalue weighted by molar-refractivity contribution is 0.0320. The Kier molecular flexibility index (Phi) is 7.03. The maximum Gasteiger partial charge on any atom is 0.165 e. The van der Waals surface area contributed by atoms with Crippen LogP contribution in [0.1, 0.15) is 11.4 Å². The van der Waals surface area contributed by atoms with Crippen LogP contribution in [0.4, 0.5) is 0 Å². The molecule has 2 heterocycles. The van der Waals surface area contributed by atoms with Crippen LogP contribution in [-0.4, -0.2) is 78.2 Å². The summed E-state index contributed by atoms with van der Waals surface area (Å²) < 4.78 is 19.0. The Balaban J connectivity index is 1.62. The number of morpholine rings is 1. The molecular weight excluding hydrogens is 346 g/mol. The molecule has 0 radical (unpaired) electrons. The van der Waals surface area contributed by atoms with E-state index >= 15 is 0 Å². The first-order valence-electron chi connectivity index (χ1n) is 9.27. The zero-order valence-electron chi connectivity index (χ0n) is 16.4. The monoisotopic (exact) mass is 375 g/mol. The molecule has 8 heteroatoms. The lowest BCUT2D eigenvalue weighted by Gasteiger charge is -2.27. The smallest absolute Gasteiger partial charge is 0.165 e. The lowest BCUT2D eigenvalue weighted by Crippen LogP contribution is -2.38. The summed E-state index contributed by atoms with van der Waals surface area (Å²) in [6.07, 6.45) is 1.72. The average Bonchev–Trinajstić information content (AvgIpc) is 3.08. The maximum atomic E-state index is 6.15. The van der Waals surface area contributed by atoms with Crippen molar-refractivity contribution in [2.24, 2.45) is 7.05 Å². The van der Waals surface area contributed by atoms with Crippen LogP contribution in [0.5, 0.6) is 11.5 Å². The minimum absolute atomic E-state index is 0.625. The van der Waals surface area contributed by atoms with Crippen LogP contribution in [0, 0.1) is 0 Å². The van der Waals surface area contributed by atoms with Crippen LogP contribution in [-0.2, 0) is 24.9 Å². The first kappa shape index (κ1) is 19.6. The van der Waals surface area contributed by atoms with E-state index in [0.717, 1.165) is 62.3 Å². The predicted molar refractivity (Wildman–Crippen MR) is 102 cm³/mol. The number of benzene rings is 1. The van der Waals surface area contributed by atoms with Crippen LogP contribution in [0.25, 0.3) is 0 Å². The van der Waals surface area contributed by atoms with Crippen molar-refractivity contribution in [3.8, 4) is 11.5 Å². The lowest BCUT2D eigenvalue weighted by atomic mass is 10.1. The van der Waals surface area contributed by atoms with Crippen LogP contribution in [0.15, 0.2) is 24.5 Å². The molecule has 8 nitrogen and oxygen atoms in total. The summed E-state index contributed by atoms with van der Waals surface area (Å²) in [7, 11) is 5.69. The predicted octanol–water partition coefficient (Wildman–Crippen LogP) is 1.17. The molecule has 1 fully saturated rings. The molecule has 0 bridgehead atoms. The summed E-state index contributed by atoms with van der Waals surface area (Å²) in [4.78, 5) is 4.55. The number of hydrogen-bond acceptors (Lipinski definition) is 7. The second-order valence-electron chi connectivity index (χ2n) is 6.78. The highest BCUT2D eigenvalue weighted by atomic mass is 16.5. The van der Waals surface area contributed by atoms with Gasteiger partial charge in [-0.25, -0.2) is 0 Å². The molecule has 0 N–H and O–H groups in total. The van der Waals surface area contributed by atoms with Gasteiger partial charge < -0.3 is 18.8 Å². The Labute approximate surface area is 160 Å². The Morgan fingerprint density at radius 1 is 1.22 bits per heavy atom. The Morgan fingerprint density at radius 3 is 2.74 bits per heavy atom. The minimum atomic E-state index is 0.625. The molecule has 3 rings (SSSR count). The van der Waals surface area contributed by atoms with E-state index in [-0.39, 0.29) is 0 Å². The van der Waals surface area contributed by atoms with Gasteiger partial charge in [0.15, 0.2) is 11.5 Å². The molecule has 1 saturated heterocycles.